The molecule has 4 nitrogen and oxygen atoms in total. The van der Waals surface area contributed by atoms with E-state index in [2.05, 4.69) is 69.0 Å². The average Bonchev–Trinajstić information content (AvgIpc) is 2.83. The molecule has 0 spiro atoms. The number of hydrogen-bond acceptors (Lipinski definition) is 4. The highest BCUT2D eigenvalue weighted by Gasteiger charge is 2.12. The Hall–Kier alpha value is -3.37. The molecule has 172 valence electrons. The van der Waals surface area contributed by atoms with Crippen LogP contribution in [0.4, 0.5) is 0 Å². The van der Waals surface area contributed by atoms with Crippen LogP contribution in [0.2, 0.25) is 0 Å². The number of rotatable bonds is 10. The second-order valence-corrected chi connectivity index (χ2v) is 8.15. The predicted molar refractivity (Wildman–Crippen MR) is 133 cm³/mol. The van der Waals surface area contributed by atoms with Crippen LogP contribution in [-0.2, 0) is 22.4 Å². The van der Waals surface area contributed by atoms with E-state index in [9.17, 15) is 4.79 Å². The van der Waals surface area contributed by atoms with E-state index in [0.29, 0.717) is 17.7 Å². The van der Waals surface area contributed by atoms with Gasteiger partial charge in [0, 0.05) is 12.0 Å². The molecule has 0 aliphatic carbocycles. The van der Waals surface area contributed by atoms with Crippen molar-refractivity contribution >= 4 is 5.97 Å². The number of benzene rings is 3. The summed E-state index contributed by atoms with van der Waals surface area (Å²) in [6.07, 6.45) is 1.42. The average molecular weight is 445 g/mol. The third-order valence-electron chi connectivity index (χ3n) is 5.54. The summed E-state index contributed by atoms with van der Waals surface area (Å²) in [5, 5.41) is 9.16. The van der Waals surface area contributed by atoms with Crippen molar-refractivity contribution in [2.75, 3.05) is 19.8 Å². The van der Waals surface area contributed by atoms with Crippen LogP contribution in [0.15, 0.2) is 72.8 Å². The molecule has 3 aromatic rings. The zero-order chi connectivity index (χ0) is 23.8. The van der Waals surface area contributed by atoms with Crippen LogP contribution in [-0.4, -0.2) is 30.9 Å². The van der Waals surface area contributed by atoms with Gasteiger partial charge in [0.15, 0.2) is 0 Å². The Morgan fingerprint density at radius 3 is 2.24 bits per heavy atom. The van der Waals surface area contributed by atoms with Crippen molar-refractivity contribution < 1.29 is 19.4 Å². The Bertz CT molecular complexity index is 1110. The number of aliphatic hydroxyl groups excluding tert-OH is 1. The molecule has 0 saturated heterocycles. The zero-order valence-electron chi connectivity index (χ0n) is 19.7. The molecule has 3 rings (SSSR count). The van der Waals surface area contributed by atoms with Gasteiger partial charge >= 0.3 is 5.97 Å². The Morgan fingerprint density at radius 2 is 1.58 bits per heavy atom. The largest absolute Gasteiger partial charge is 0.491 e. The molecule has 0 fully saturated rings. The fourth-order valence-electron chi connectivity index (χ4n) is 3.71. The molecule has 0 heterocycles. The molecule has 0 bridgehead atoms. The van der Waals surface area contributed by atoms with Crippen molar-refractivity contribution in [3.8, 4) is 28.0 Å². The lowest BCUT2D eigenvalue weighted by Crippen LogP contribution is -2.10. The molecule has 4 heteroatoms. The van der Waals surface area contributed by atoms with E-state index >= 15 is 0 Å². The van der Waals surface area contributed by atoms with Crippen molar-refractivity contribution in [2.45, 2.75) is 33.6 Å². The van der Waals surface area contributed by atoms with E-state index in [1.807, 2.05) is 12.1 Å². The molecule has 3 aromatic carbocycles. The fraction of sp³-hybridized carbons (Fsp3) is 0.276. The fourth-order valence-corrected chi connectivity index (χ4v) is 3.71. The van der Waals surface area contributed by atoms with E-state index in [4.69, 9.17) is 14.6 Å². The number of hydrogen-bond donors (Lipinski definition) is 1. The lowest BCUT2D eigenvalue weighted by atomic mass is 9.92. The van der Waals surface area contributed by atoms with Crippen LogP contribution in [0.3, 0.4) is 0 Å². The predicted octanol–water partition coefficient (Wildman–Crippen LogP) is 5.92. The highest BCUT2D eigenvalue weighted by Crippen LogP contribution is 2.32. The summed E-state index contributed by atoms with van der Waals surface area (Å²) in [7, 11) is 0. The topological polar surface area (TPSA) is 55.8 Å². The third kappa shape index (κ3) is 6.33. The number of esters is 1. The monoisotopic (exact) mass is 444 g/mol. The summed E-state index contributed by atoms with van der Waals surface area (Å²) >= 11 is 0. The number of aliphatic hydroxyl groups is 1. The Labute approximate surface area is 196 Å². The van der Waals surface area contributed by atoms with Crippen molar-refractivity contribution in [3.05, 3.63) is 89.5 Å². The van der Waals surface area contributed by atoms with Crippen molar-refractivity contribution in [3.63, 3.8) is 0 Å². The first-order chi connectivity index (χ1) is 15.9. The summed E-state index contributed by atoms with van der Waals surface area (Å²) in [5.41, 5.74) is 8.47. The van der Waals surface area contributed by atoms with E-state index < -0.39 is 5.97 Å². The molecule has 0 aromatic heterocycles. The van der Waals surface area contributed by atoms with Gasteiger partial charge in [-0.2, -0.15) is 0 Å². The van der Waals surface area contributed by atoms with Crippen molar-refractivity contribution in [1.82, 2.24) is 0 Å². The highest BCUT2D eigenvalue weighted by molar-refractivity contribution is 5.86. The second-order valence-electron chi connectivity index (χ2n) is 8.15. The van der Waals surface area contributed by atoms with Gasteiger partial charge in [0.1, 0.15) is 12.4 Å². The van der Waals surface area contributed by atoms with Crippen LogP contribution < -0.4 is 4.74 Å². The summed E-state index contributed by atoms with van der Waals surface area (Å²) in [4.78, 5) is 11.7. The molecule has 0 unspecified atom stereocenters. The molecule has 0 amide bonds. The van der Waals surface area contributed by atoms with Crippen LogP contribution in [0.1, 0.15) is 30.5 Å². The van der Waals surface area contributed by atoms with Gasteiger partial charge in [-0.3, -0.25) is 0 Å². The lowest BCUT2D eigenvalue weighted by molar-refractivity contribution is -0.138. The van der Waals surface area contributed by atoms with Gasteiger partial charge in [-0.15, -0.1) is 0 Å². The quantitative estimate of drug-likeness (QED) is 0.311. The van der Waals surface area contributed by atoms with E-state index in [0.717, 1.165) is 17.5 Å². The summed E-state index contributed by atoms with van der Waals surface area (Å²) in [6.45, 7) is 9.88. The van der Waals surface area contributed by atoms with Crippen LogP contribution in [0, 0.1) is 6.92 Å². The number of aryl methyl sites for hydroxylation is 2. The molecular weight excluding hydrogens is 412 g/mol. The van der Waals surface area contributed by atoms with Gasteiger partial charge in [-0.05, 0) is 65.8 Å². The maximum Gasteiger partial charge on any atom is 0.333 e. The Kier molecular flexibility index (Phi) is 8.45. The molecule has 1 N–H and O–H groups in total. The molecule has 0 aliphatic rings. The standard InChI is InChI=1S/C29H32O4/c1-5-22-18-24(23-8-6-21(4)7-9-23)10-12-27(22)25-11-13-28(32-17-15-30)26(19-25)14-16-33-29(31)20(2)3/h6-13,18-19,30H,2,5,14-17H2,1,3-4H3. The zero-order valence-corrected chi connectivity index (χ0v) is 19.7. The van der Waals surface area contributed by atoms with E-state index in [1.165, 1.54) is 27.8 Å². The maximum atomic E-state index is 11.7. The molecule has 0 radical (unpaired) electrons. The Balaban J connectivity index is 1.91. The molecule has 0 aliphatic heterocycles. The lowest BCUT2D eigenvalue weighted by Gasteiger charge is -2.16. The SMILES string of the molecule is C=C(C)C(=O)OCCc1cc(-c2ccc(-c3ccc(C)cc3)cc2CC)ccc1OCCO. The summed E-state index contributed by atoms with van der Waals surface area (Å²) in [5.74, 6) is 0.289. The van der Waals surface area contributed by atoms with Crippen LogP contribution >= 0.6 is 0 Å². The van der Waals surface area contributed by atoms with E-state index in [1.54, 1.807) is 6.92 Å². The summed E-state index contributed by atoms with van der Waals surface area (Å²) in [6, 6.07) is 21.2. The van der Waals surface area contributed by atoms with Gasteiger partial charge in [-0.1, -0.05) is 67.6 Å². The molecule has 0 atom stereocenters. The first-order valence-corrected chi connectivity index (χ1v) is 11.3. The van der Waals surface area contributed by atoms with Crippen LogP contribution in [0.25, 0.3) is 22.3 Å². The number of carbonyl (C=O) groups is 1. The van der Waals surface area contributed by atoms with Crippen molar-refractivity contribution in [2.24, 2.45) is 0 Å². The number of carbonyl (C=O) groups excluding carboxylic acids is 1. The second kappa shape index (κ2) is 11.5. The number of ether oxygens (including phenoxy) is 2. The smallest absolute Gasteiger partial charge is 0.333 e. The minimum absolute atomic E-state index is 0.0632. The third-order valence-corrected chi connectivity index (χ3v) is 5.54. The van der Waals surface area contributed by atoms with Crippen LogP contribution in [0.5, 0.6) is 5.75 Å². The van der Waals surface area contributed by atoms with Gasteiger partial charge in [0.25, 0.3) is 0 Å². The highest BCUT2D eigenvalue weighted by atomic mass is 16.5. The normalized spacial score (nSPS) is 10.7. The van der Waals surface area contributed by atoms with E-state index in [-0.39, 0.29) is 19.8 Å². The minimum Gasteiger partial charge on any atom is -0.491 e. The molecule has 0 saturated carbocycles. The van der Waals surface area contributed by atoms with Gasteiger partial charge in [0.05, 0.1) is 13.2 Å². The van der Waals surface area contributed by atoms with Gasteiger partial charge in [-0.25, -0.2) is 4.79 Å². The first kappa shape index (κ1) is 24.3. The minimum atomic E-state index is -0.399. The maximum absolute atomic E-state index is 11.7. The Morgan fingerprint density at radius 1 is 0.909 bits per heavy atom. The summed E-state index contributed by atoms with van der Waals surface area (Å²) < 4.78 is 11.0. The van der Waals surface area contributed by atoms with Crippen molar-refractivity contribution in [1.29, 1.82) is 0 Å². The van der Waals surface area contributed by atoms with Gasteiger partial charge in [0.2, 0.25) is 0 Å². The molecule has 33 heavy (non-hydrogen) atoms. The van der Waals surface area contributed by atoms with Gasteiger partial charge < -0.3 is 14.6 Å². The molecular formula is C29H32O4. The first-order valence-electron chi connectivity index (χ1n) is 11.3.